The summed E-state index contributed by atoms with van der Waals surface area (Å²) in [6.07, 6.45) is 12.4. The molecular weight excluding hydrogens is 599 g/mol. The zero-order valence-electron chi connectivity index (χ0n) is 29.2. The van der Waals surface area contributed by atoms with E-state index in [0.29, 0.717) is 0 Å². The lowest BCUT2D eigenvalue weighted by Gasteiger charge is -2.40. The van der Waals surface area contributed by atoms with E-state index in [4.69, 9.17) is 9.47 Å². The largest absolute Gasteiger partial charge is 0.472 e. The van der Waals surface area contributed by atoms with E-state index in [2.05, 4.69) is 135 Å². The summed E-state index contributed by atoms with van der Waals surface area (Å²) in [5.74, 6) is 1.02. The first-order valence-electron chi connectivity index (χ1n) is 18.5. The van der Waals surface area contributed by atoms with E-state index < -0.39 is 5.60 Å². The van der Waals surface area contributed by atoms with Gasteiger partial charge in [-0.3, -0.25) is 0 Å². The lowest BCUT2D eigenvalue weighted by atomic mass is 9.70. The maximum atomic E-state index is 7.68. The van der Waals surface area contributed by atoms with Crippen LogP contribution in [0.3, 0.4) is 0 Å². The Balaban J connectivity index is 1.27. The molecule has 2 fully saturated rings. The van der Waals surface area contributed by atoms with Gasteiger partial charge in [0.25, 0.3) is 0 Å². The minimum atomic E-state index is -0.772. The molecule has 49 heavy (non-hydrogen) atoms. The van der Waals surface area contributed by atoms with Crippen molar-refractivity contribution >= 4 is 22.5 Å². The molecule has 2 aliphatic heterocycles. The molecule has 9 rings (SSSR count). The second-order valence-corrected chi connectivity index (χ2v) is 15.7. The molecule has 3 heteroatoms. The Hall–Kier alpha value is -4.34. The summed E-state index contributed by atoms with van der Waals surface area (Å²) >= 11 is 0. The number of hydrogen-bond acceptors (Lipinski definition) is 3. The lowest BCUT2D eigenvalue weighted by Crippen LogP contribution is -2.37. The van der Waals surface area contributed by atoms with Crippen molar-refractivity contribution in [2.24, 2.45) is 0 Å². The van der Waals surface area contributed by atoms with Gasteiger partial charge < -0.3 is 14.4 Å². The summed E-state index contributed by atoms with van der Waals surface area (Å²) in [7, 11) is 0. The van der Waals surface area contributed by atoms with Crippen LogP contribution in [0.1, 0.15) is 92.7 Å². The molecule has 1 saturated heterocycles. The number of morpholine rings is 1. The van der Waals surface area contributed by atoms with E-state index in [0.717, 1.165) is 43.2 Å². The average Bonchev–Trinajstić information content (AvgIpc) is 3.24. The number of ether oxygens (including phenoxy) is 2. The molecule has 4 aliphatic rings. The number of rotatable bonds is 3. The molecule has 0 amide bonds. The van der Waals surface area contributed by atoms with Crippen LogP contribution in [-0.2, 0) is 21.2 Å². The first kappa shape index (κ1) is 30.7. The van der Waals surface area contributed by atoms with Gasteiger partial charge in [0.15, 0.2) is 5.60 Å². The quantitative estimate of drug-likeness (QED) is 0.195. The third-order valence-electron chi connectivity index (χ3n) is 12.0. The van der Waals surface area contributed by atoms with Crippen LogP contribution in [0.25, 0.3) is 28.0 Å². The highest BCUT2D eigenvalue weighted by molar-refractivity contribution is 6.08. The molecule has 3 nitrogen and oxygen atoms in total. The highest BCUT2D eigenvalue weighted by atomic mass is 16.5. The van der Waals surface area contributed by atoms with Gasteiger partial charge in [-0.15, -0.1) is 0 Å². The molecular formula is C46H47NO2. The van der Waals surface area contributed by atoms with Gasteiger partial charge in [-0.1, -0.05) is 137 Å². The van der Waals surface area contributed by atoms with Gasteiger partial charge in [-0.25, -0.2) is 0 Å². The second-order valence-electron chi connectivity index (χ2n) is 15.7. The fourth-order valence-electron chi connectivity index (χ4n) is 9.41. The predicted molar refractivity (Wildman–Crippen MR) is 203 cm³/mol. The highest BCUT2D eigenvalue weighted by Gasteiger charge is 2.48. The Bertz CT molecular complexity index is 2050. The third kappa shape index (κ3) is 4.80. The highest BCUT2D eigenvalue weighted by Crippen LogP contribution is 2.61. The van der Waals surface area contributed by atoms with Crippen LogP contribution >= 0.6 is 0 Å². The molecule has 1 atom stereocenters. The molecule has 5 aromatic rings. The van der Waals surface area contributed by atoms with Crippen molar-refractivity contribution < 1.29 is 9.47 Å². The van der Waals surface area contributed by atoms with Crippen LogP contribution in [-0.4, -0.2) is 26.3 Å². The zero-order valence-corrected chi connectivity index (χ0v) is 29.2. The summed E-state index contributed by atoms with van der Waals surface area (Å²) in [4.78, 5) is 2.42. The molecule has 1 saturated carbocycles. The van der Waals surface area contributed by atoms with Crippen molar-refractivity contribution in [2.75, 3.05) is 31.2 Å². The minimum Gasteiger partial charge on any atom is -0.472 e. The Labute approximate surface area is 291 Å². The molecule has 248 valence electrons. The molecule has 0 aromatic heterocycles. The van der Waals surface area contributed by atoms with Crippen LogP contribution in [0.2, 0.25) is 0 Å². The first-order chi connectivity index (χ1) is 23.9. The van der Waals surface area contributed by atoms with Crippen LogP contribution in [0, 0.1) is 0 Å². The molecule has 1 spiro atoms. The van der Waals surface area contributed by atoms with Gasteiger partial charge in [-0.2, -0.15) is 0 Å². The molecule has 1 unspecified atom stereocenters. The Morgan fingerprint density at radius 2 is 1.31 bits per heavy atom. The topological polar surface area (TPSA) is 21.7 Å². The lowest BCUT2D eigenvalue weighted by molar-refractivity contribution is 0.122. The van der Waals surface area contributed by atoms with Crippen LogP contribution in [0.15, 0.2) is 103 Å². The van der Waals surface area contributed by atoms with Crippen molar-refractivity contribution in [1.29, 1.82) is 0 Å². The van der Waals surface area contributed by atoms with Crippen LogP contribution < -0.4 is 9.64 Å². The van der Waals surface area contributed by atoms with Crippen LogP contribution in [0.4, 0.5) is 5.69 Å². The fraction of sp³-hybridized carbons (Fsp3) is 0.348. The van der Waals surface area contributed by atoms with Gasteiger partial charge in [0.2, 0.25) is 0 Å². The molecule has 0 radical (unpaired) electrons. The molecule has 0 bridgehead atoms. The Kier molecular flexibility index (Phi) is 7.29. The van der Waals surface area contributed by atoms with Crippen LogP contribution in [0.5, 0.6) is 5.75 Å². The van der Waals surface area contributed by atoms with Crippen molar-refractivity contribution in [3.05, 3.63) is 137 Å². The number of nitrogens with zero attached hydrogens (tertiary/aromatic N) is 1. The number of fused-ring (bicyclic) bond motifs is 10. The zero-order chi connectivity index (χ0) is 33.2. The van der Waals surface area contributed by atoms with E-state index in [1.807, 2.05) is 0 Å². The smallest absolute Gasteiger partial charge is 0.178 e. The van der Waals surface area contributed by atoms with Crippen molar-refractivity contribution in [2.45, 2.75) is 75.7 Å². The SMILES string of the molecule is CC(C)(C)c1ccc(C2(c3ccc(N4CCOCC4)cc3)C=Cc3c4c(c5ccccc5c3O2)-c2ccccc2C42CCCCCC2)cc1. The van der Waals surface area contributed by atoms with Gasteiger partial charge in [0, 0.05) is 46.3 Å². The molecule has 5 aromatic carbocycles. The van der Waals surface area contributed by atoms with Gasteiger partial charge in [0.05, 0.1) is 13.2 Å². The van der Waals surface area contributed by atoms with E-state index in [9.17, 15) is 0 Å². The van der Waals surface area contributed by atoms with Gasteiger partial charge in [0.1, 0.15) is 5.75 Å². The van der Waals surface area contributed by atoms with E-state index in [1.165, 1.54) is 88.4 Å². The van der Waals surface area contributed by atoms with E-state index in [1.54, 1.807) is 0 Å². The maximum Gasteiger partial charge on any atom is 0.178 e. The monoisotopic (exact) mass is 645 g/mol. The summed E-state index contributed by atoms with van der Waals surface area (Å²) in [6.45, 7) is 10.2. The van der Waals surface area contributed by atoms with Gasteiger partial charge >= 0.3 is 0 Å². The van der Waals surface area contributed by atoms with E-state index in [-0.39, 0.29) is 10.8 Å². The summed E-state index contributed by atoms with van der Waals surface area (Å²) in [5.41, 5.74) is 11.3. The fourth-order valence-corrected chi connectivity index (χ4v) is 9.41. The standard InChI is InChI=1S/C46H47NO2/c1-44(2,3)32-16-18-33(19-17-32)46(34-20-22-35(23-21-34)47-28-30-48-31-29-47)27-24-39-42-41(36-12-6-7-13-37(36)43(39)49-46)38-14-8-9-15-40(38)45(42)25-10-4-5-11-26-45/h6-9,12-24,27H,4-5,10-11,25-26,28-31H2,1-3H3. The number of benzene rings is 5. The summed E-state index contributed by atoms with van der Waals surface area (Å²) in [5, 5.41) is 2.50. The Morgan fingerprint density at radius 3 is 2.00 bits per heavy atom. The van der Waals surface area contributed by atoms with Crippen molar-refractivity contribution in [3.63, 3.8) is 0 Å². The molecule has 2 aliphatic carbocycles. The van der Waals surface area contributed by atoms with Gasteiger partial charge in [-0.05, 0) is 69.7 Å². The predicted octanol–water partition coefficient (Wildman–Crippen LogP) is 10.9. The second kappa shape index (κ2) is 11.6. The minimum absolute atomic E-state index is 0.0123. The third-order valence-corrected chi connectivity index (χ3v) is 12.0. The average molecular weight is 646 g/mol. The van der Waals surface area contributed by atoms with Crippen molar-refractivity contribution in [1.82, 2.24) is 0 Å². The summed E-state index contributed by atoms with van der Waals surface area (Å²) < 4.78 is 13.3. The number of hydrogen-bond donors (Lipinski definition) is 0. The van der Waals surface area contributed by atoms with Crippen molar-refractivity contribution in [3.8, 4) is 16.9 Å². The molecule has 2 heterocycles. The number of anilines is 1. The normalized spacial score (nSPS) is 21.2. The maximum absolute atomic E-state index is 7.68. The molecule has 0 N–H and O–H groups in total. The Morgan fingerprint density at radius 1 is 0.673 bits per heavy atom. The first-order valence-corrected chi connectivity index (χ1v) is 18.5. The van der Waals surface area contributed by atoms with E-state index >= 15 is 0 Å². The summed E-state index contributed by atoms with van der Waals surface area (Å²) in [6, 6.07) is 36.6.